The van der Waals surface area contributed by atoms with Crippen LogP contribution >= 0.6 is 0 Å². The molecule has 0 spiro atoms. The van der Waals surface area contributed by atoms with Gasteiger partial charge in [-0.2, -0.15) is 0 Å². The van der Waals surface area contributed by atoms with Crippen molar-refractivity contribution in [1.29, 1.82) is 0 Å². The molecule has 5 nitrogen and oxygen atoms in total. The summed E-state index contributed by atoms with van der Waals surface area (Å²) in [5.74, 6) is -0.926. The van der Waals surface area contributed by atoms with Crippen LogP contribution in [0.25, 0.3) is 0 Å². The molecule has 0 fully saturated rings. The van der Waals surface area contributed by atoms with Gasteiger partial charge in [0.25, 0.3) is 5.91 Å². The average Bonchev–Trinajstić information content (AvgIpc) is 2.47. The molecule has 0 radical (unpaired) electrons. The van der Waals surface area contributed by atoms with Crippen molar-refractivity contribution in [2.45, 2.75) is 42.4 Å². The van der Waals surface area contributed by atoms with Gasteiger partial charge in [0.15, 0.2) is 0 Å². The van der Waals surface area contributed by atoms with Gasteiger partial charge in [-0.3, -0.25) is 14.2 Å². The Morgan fingerprint density at radius 3 is 2.53 bits per heavy atom. The fourth-order valence-electron chi connectivity index (χ4n) is 1.75. The minimum atomic E-state index is -1.50. The minimum absolute atomic E-state index is 0.451. The normalized spacial score (nSPS) is 15.5. The van der Waals surface area contributed by atoms with Crippen LogP contribution in [0.1, 0.15) is 26.2 Å². The average molecular weight is 285 g/mol. The highest BCUT2D eigenvalue weighted by molar-refractivity contribution is 7.85. The zero-order valence-electron chi connectivity index (χ0n) is 10.8. The molecular formula is C13H19NO4S. The number of amides is 1. The molecule has 1 aromatic rings. The zero-order chi connectivity index (χ0) is 14.3. The lowest BCUT2D eigenvalue weighted by molar-refractivity contribution is -0.137. The highest BCUT2D eigenvalue weighted by atomic mass is 32.2. The lowest BCUT2D eigenvalue weighted by atomic mass is 10.1. The van der Waals surface area contributed by atoms with Crippen molar-refractivity contribution in [2.75, 3.05) is 0 Å². The maximum atomic E-state index is 12.4. The van der Waals surface area contributed by atoms with E-state index < -0.39 is 28.1 Å². The minimum Gasteiger partial charge on any atom is -0.382 e. The van der Waals surface area contributed by atoms with E-state index in [1.807, 2.05) is 6.92 Å². The van der Waals surface area contributed by atoms with Crippen molar-refractivity contribution < 1.29 is 19.3 Å². The first-order valence-electron chi connectivity index (χ1n) is 6.19. The molecule has 0 bridgehead atoms. The van der Waals surface area contributed by atoms with Crippen LogP contribution in [-0.2, 0) is 15.6 Å². The van der Waals surface area contributed by atoms with Crippen LogP contribution in [0.15, 0.2) is 35.2 Å². The number of aliphatic hydroxyl groups excluding tert-OH is 1. The van der Waals surface area contributed by atoms with Gasteiger partial charge in [0.05, 0.1) is 16.0 Å². The Labute approximate surface area is 115 Å². The van der Waals surface area contributed by atoms with E-state index in [0.717, 1.165) is 12.8 Å². The maximum absolute atomic E-state index is 12.4. The van der Waals surface area contributed by atoms with Crippen LogP contribution in [-0.4, -0.2) is 31.8 Å². The predicted molar refractivity (Wildman–Crippen MR) is 72.1 cm³/mol. The van der Waals surface area contributed by atoms with E-state index in [0.29, 0.717) is 11.3 Å². The molecule has 3 N–H and O–H groups in total. The van der Waals surface area contributed by atoms with E-state index in [2.05, 4.69) is 0 Å². The smallest absolute Gasteiger partial charge is 0.273 e. The third kappa shape index (κ3) is 4.41. The molecule has 1 aromatic carbocycles. The van der Waals surface area contributed by atoms with E-state index in [-0.39, 0.29) is 0 Å². The van der Waals surface area contributed by atoms with Gasteiger partial charge in [-0.05, 0) is 18.6 Å². The molecule has 6 heteroatoms. The zero-order valence-corrected chi connectivity index (χ0v) is 11.6. The Kier molecular flexibility index (Phi) is 6.69. The molecule has 19 heavy (non-hydrogen) atoms. The van der Waals surface area contributed by atoms with E-state index in [9.17, 15) is 14.1 Å². The number of hydroxylamine groups is 1. The summed E-state index contributed by atoms with van der Waals surface area (Å²) >= 11 is 0. The first-order valence-corrected chi connectivity index (χ1v) is 7.40. The monoisotopic (exact) mass is 285 g/mol. The number of unbranched alkanes of at least 4 members (excludes halogenated alkanes) is 1. The number of rotatable bonds is 7. The van der Waals surface area contributed by atoms with E-state index in [1.165, 1.54) is 5.48 Å². The van der Waals surface area contributed by atoms with Crippen LogP contribution in [0, 0.1) is 0 Å². The number of nitrogens with one attached hydrogen (secondary N) is 1. The van der Waals surface area contributed by atoms with Crippen LogP contribution in [0.3, 0.4) is 0 Å². The quantitative estimate of drug-likeness (QED) is 0.519. The number of aliphatic hydroxyl groups is 1. The van der Waals surface area contributed by atoms with Crippen molar-refractivity contribution in [1.82, 2.24) is 5.48 Å². The molecule has 0 saturated carbocycles. The molecule has 0 aliphatic heterocycles. The van der Waals surface area contributed by atoms with E-state index in [1.54, 1.807) is 30.3 Å². The molecule has 3 atom stereocenters. The van der Waals surface area contributed by atoms with Crippen molar-refractivity contribution >= 4 is 16.7 Å². The summed E-state index contributed by atoms with van der Waals surface area (Å²) in [6.45, 7) is 1.97. The van der Waals surface area contributed by atoms with Gasteiger partial charge in [0, 0.05) is 4.90 Å². The molecule has 106 valence electrons. The fourth-order valence-corrected chi connectivity index (χ4v) is 3.27. The number of benzene rings is 1. The Morgan fingerprint density at radius 2 is 2.00 bits per heavy atom. The summed E-state index contributed by atoms with van der Waals surface area (Å²) < 4.78 is 12.4. The van der Waals surface area contributed by atoms with Crippen LogP contribution in [0.4, 0.5) is 0 Å². The van der Waals surface area contributed by atoms with Gasteiger partial charge < -0.3 is 5.11 Å². The second kappa shape index (κ2) is 8.04. The summed E-state index contributed by atoms with van der Waals surface area (Å²) in [5, 5.41) is 17.7. The molecule has 1 amide bonds. The van der Waals surface area contributed by atoms with Gasteiger partial charge in [0.1, 0.15) is 6.10 Å². The van der Waals surface area contributed by atoms with Crippen LogP contribution < -0.4 is 5.48 Å². The standard InChI is InChI=1S/C13H19NO4S/c1-2-3-9-11(12(15)13(16)14-17)19(18)10-7-5-4-6-8-10/h4-8,11-12,15,17H,2-3,9H2,1H3,(H,14,16)/t11-,12-,19?/m1/s1. The Bertz CT molecular complexity index is 424. The van der Waals surface area contributed by atoms with E-state index >= 15 is 0 Å². The third-order valence-electron chi connectivity index (χ3n) is 2.82. The topological polar surface area (TPSA) is 86.6 Å². The highest BCUT2D eigenvalue weighted by Gasteiger charge is 2.31. The molecule has 0 aromatic heterocycles. The molecule has 0 saturated heterocycles. The second-order valence-electron chi connectivity index (χ2n) is 4.21. The Morgan fingerprint density at radius 1 is 1.37 bits per heavy atom. The van der Waals surface area contributed by atoms with Crippen molar-refractivity contribution in [2.24, 2.45) is 0 Å². The summed E-state index contributed by atoms with van der Waals surface area (Å²) in [7, 11) is -1.50. The maximum Gasteiger partial charge on any atom is 0.273 e. The van der Waals surface area contributed by atoms with Crippen LogP contribution in [0.2, 0.25) is 0 Å². The lowest BCUT2D eigenvalue weighted by Crippen LogP contribution is -2.43. The largest absolute Gasteiger partial charge is 0.382 e. The first kappa shape index (κ1) is 15.8. The molecular weight excluding hydrogens is 266 g/mol. The molecule has 1 unspecified atom stereocenters. The SMILES string of the molecule is CCCC[C@H]([C@@H](O)C(=O)NO)S(=O)c1ccccc1. The fraction of sp³-hybridized carbons (Fsp3) is 0.462. The Hall–Kier alpha value is -1.24. The van der Waals surface area contributed by atoms with Gasteiger partial charge in [-0.1, -0.05) is 38.0 Å². The van der Waals surface area contributed by atoms with Gasteiger partial charge in [-0.15, -0.1) is 0 Å². The van der Waals surface area contributed by atoms with Crippen molar-refractivity contribution in [3.63, 3.8) is 0 Å². The van der Waals surface area contributed by atoms with Gasteiger partial charge in [-0.25, -0.2) is 5.48 Å². The summed E-state index contributed by atoms with van der Waals surface area (Å²) in [6.07, 6.45) is 0.583. The van der Waals surface area contributed by atoms with E-state index in [4.69, 9.17) is 5.21 Å². The van der Waals surface area contributed by atoms with Gasteiger partial charge in [0.2, 0.25) is 0 Å². The summed E-state index contributed by atoms with van der Waals surface area (Å²) in [6, 6.07) is 8.70. The molecule has 0 aliphatic rings. The third-order valence-corrected chi connectivity index (χ3v) is 4.60. The lowest BCUT2D eigenvalue weighted by Gasteiger charge is -2.20. The summed E-state index contributed by atoms with van der Waals surface area (Å²) in [5.41, 5.74) is 1.40. The van der Waals surface area contributed by atoms with Gasteiger partial charge >= 0.3 is 0 Å². The number of hydrogen-bond donors (Lipinski definition) is 3. The highest BCUT2D eigenvalue weighted by Crippen LogP contribution is 2.19. The Balaban J connectivity index is 2.90. The number of carbonyl (C=O) groups is 1. The van der Waals surface area contributed by atoms with Crippen LogP contribution in [0.5, 0.6) is 0 Å². The van der Waals surface area contributed by atoms with Crippen molar-refractivity contribution in [3.8, 4) is 0 Å². The number of carbonyl (C=O) groups excluding carboxylic acids is 1. The molecule has 0 heterocycles. The van der Waals surface area contributed by atoms with Crippen molar-refractivity contribution in [3.05, 3.63) is 30.3 Å². The second-order valence-corrected chi connectivity index (χ2v) is 5.88. The molecule has 1 rings (SSSR count). The number of hydrogen-bond acceptors (Lipinski definition) is 4. The summed E-state index contributed by atoms with van der Waals surface area (Å²) in [4.78, 5) is 11.9. The first-order chi connectivity index (χ1) is 9.11. The molecule has 0 aliphatic carbocycles. The predicted octanol–water partition coefficient (Wildman–Crippen LogP) is 1.22.